The smallest absolute Gasteiger partial charge is 0.246 e. The average molecular weight is 418 g/mol. The molecule has 7 heteroatoms. The Hall–Kier alpha value is -2.09. The lowest BCUT2D eigenvalue weighted by Gasteiger charge is -2.41. The van der Waals surface area contributed by atoms with Gasteiger partial charge in [-0.3, -0.25) is 0 Å². The lowest BCUT2D eigenvalue weighted by Crippen LogP contribution is -2.42. The van der Waals surface area contributed by atoms with Crippen LogP contribution in [0.5, 0.6) is 11.5 Å². The lowest BCUT2D eigenvalue weighted by atomic mass is 9.67. The highest BCUT2D eigenvalue weighted by molar-refractivity contribution is 7.89. The Bertz CT molecular complexity index is 978. The van der Waals surface area contributed by atoms with E-state index >= 15 is 0 Å². The van der Waals surface area contributed by atoms with Crippen molar-refractivity contribution in [1.29, 1.82) is 0 Å². The number of ether oxygens (including phenoxy) is 2. The van der Waals surface area contributed by atoms with Gasteiger partial charge in [-0.25, -0.2) is 8.42 Å². The molecule has 1 aliphatic carbocycles. The number of sulfonamides is 1. The van der Waals surface area contributed by atoms with Gasteiger partial charge in [-0.05, 0) is 42.9 Å². The van der Waals surface area contributed by atoms with E-state index in [9.17, 15) is 13.5 Å². The second kappa shape index (κ2) is 7.63. The zero-order valence-electron chi connectivity index (χ0n) is 16.7. The lowest BCUT2D eigenvalue weighted by molar-refractivity contribution is -0.0640. The van der Waals surface area contributed by atoms with Gasteiger partial charge in [0.15, 0.2) is 0 Å². The molecule has 3 atom stereocenters. The van der Waals surface area contributed by atoms with Crippen LogP contribution in [0.25, 0.3) is 0 Å². The number of rotatable bonds is 5. The Kier molecular flexibility index (Phi) is 5.31. The summed E-state index contributed by atoms with van der Waals surface area (Å²) < 4.78 is 39.0. The summed E-state index contributed by atoms with van der Waals surface area (Å²) in [5, 5.41) is 11.6. The number of aliphatic hydroxyl groups is 1. The molecule has 29 heavy (non-hydrogen) atoms. The fourth-order valence-corrected chi connectivity index (χ4v) is 6.58. The predicted molar refractivity (Wildman–Crippen MR) is 109 cm³/mol. The quantitative estimate of drug-likeness (QED) is 0.809. The first-order chi connectivity index (χ1) is 13.9. The van der Waals surface area contributed by atoms with Crippen LogP contribution in [0.4, 0.5) is 0 Å². The van der Waals surface area contributed by atoms with Crippen LogP contribution in [-0.2, 0) is 15.6 Å². The molecule has 4 rings (SSSR count). The van der Waals surface area contributed by atoms with Gasteiger partial charge in [0, 0.05) is 25.1 Å². The summed E-state index contributed by atoms with van der Waals surface area (Å²) in [5.74, 6) is 0.742. The summed E-state index contributed by atoms with van der Waals surface area (Å²) in [6, 6.07) is 14.4. The number of nitrogens with zero attached hydrogens (tertiary/aromatic N) is 1. The maximum atomic E-state index is 13.5. The average Bonchev–Trinajstić information content (AvgIpc) is 3.21. The van der Waals surface area contributed by atoms with Crippen molar-refractivity contribution < 1.29 is 23.0 Å². The van der Waals surface area contributed by atoms with Gasteiger partial charge in [-0.2, -0.15) is 4.31 Å². The van der Waals surface area contributed by atoms with Crippen LogP contribution < -0.4 is 9.47 Å². The molecule has 0 radical (unpaired) electrons. The van der Waals surface area contributed by atoms with Crippen LogP contribution in [0.1, 0.15) is 24.8 Å². The highest BCUT2D eigenvalue weighted by Crippen LogP contribution is 2.49. The molecule has 0 spiro atoms. The zero-order chi connectivity index (χ0) is 20.6. The van der Waals surface area contributed by atoms with Crippen molar-refractivity contribution in [3.05, 3.63) is 54.1 Å². The SMILES string of the molecule is COc1ccc(OC)c(S(=O)(=O)N2C[C@H]3CCC[C@](O)(c4ccccc4)[C@H]3C2)c1. The monoisotopic (exact) mass is 417 g/mol. The van der Waals surface area contributed by atoms with Crippen molar-refractivity contribution in [2.45, 2.75) is 29.8 Å². The van der Waals surface area contributed by atoms with E-state index in [4.69, 9.17) is 9.47 Å². The van der Waals surface area contributed by atoms with Gasteiger partial charge < -0.3 is 14.6 Å². The van der Waals surface area contributed by atoms with E-state index in [0.29, 0.717) is 31.0 Å². The van der Waals surface area contributed by atoms with Gasteiger partial charge >= 0.3 is 0 Å². The van der Waals surface area contributed by atoms with Gasteiger partial charge in [0.1, 0.15) is 16.4 Å². The number of methoxy groups -OCH3 is 2. The second-order valence-electron chi connectivity index (χ2n) is 7.89. The van der Waals surface area contributed by atoms with Crippen molar-refractivity contribution in [2.24, 2.45) is 11.8 Å². The predicted octanol–water partition coefficient (Wildman–Crippen LogP) is 3.01. The van der Waals surface area contributed by atoms with Gasteiger partial charge in [0.2, 0.25) is 10.0 Å². The summed E-state index contributed by atoms with van der Waals surface area (Å²) in [6.45, 7) is 0.696. The first-order valence-electron chi connectivity index (χ1n) is 9.90. The van der Waals surface area contributed by atoms with Gasteiger partial charge in [0.25, 0.3) is 0 Å². The number of fused-ring (bicyclic) bond motifs is 1. The second-order valence-corrected chi connectivity index (χ2v) is 9.79. The van der Waals surface area contributed by atoms with E-state index in [0.717, 1.165) is 18.4 Å². The molecule has 0 bridgehead atoms. The van der Waals surface area contributed by atoms with Gasteiger partial charge in [0.05, 0.1) is 19.8 Å². The van der Waals surface area contributed by atoms with Crippen LogP contribution in [-0.4, -0.2) is 45.1 Å². The zero-order valence-corrected chi connectivity index (χ0v) is 17.6. The molecule has 6 nitrogen and oxygen atoms in total. The third-order valence-electron chi connectivity index (χ3n) is 6.42. The van der Waals surface area contributed by atoms with E-state index in [-0.39, 0.29) is 16.7 Å². The summed E-state index contributed by atoms with van der Waals surface area (Å²) in [4.78, 5) is 0.0984. The molecule has 1 saturated carbocycles. The summed E-state index contributed by atoms with van der Waals surface area (Å²) in [7, 11) is -0.828. The van der Waals surface area contributed by atoms with Crippen LogP contribution in [0.2, 0.25) is 0 Å². The third kappa shape index (κ3) is 3.41. The summed E-state index contributed by atoms with van der Waals surface area (Å²) in [6.07, 6.45) is 2.44. The standard InChI is InChI=1S/C22H27NO5S/c1-27-18-10-11-20(28-2)21(13-18)29(25,26)23-14-16-7-6-12-22(24,19(16)15-23)17-8-4-3-5-9-17/h3-5,8-11,13,16,19,24H,6-7,12,14-15H2,1-2H3/t16-,19+,22+/m1/s1. The van der Waals surface area contributed by atoms with E-state index in [1.165, 1.54) is 24.6 Å². The van der Waals surface area contributed by atoms with Crippen molar-refractivity contribution in [2.75, 3.05) is 27.3 Å². The Morgan fingerprint density at radius 2 is 1.83 bits per heavy atom. The Morgan fingerprint density at radius 3 is 2.52 bits per heavy atom. The minimum Gasteiger partial charge on any atom is -0.497 e. The Labute approximate surface area is 172 Å². The largest absolute Gasteiger partial charge is 0.497 e. The van der Waals surface area contributed by atoms with E-state index < -0.39 is 15.6 Å². The molecule has 0 amide bonds. The maximum Gasteiger partial charge on any atom is 0.246 e. The molecule has 0 unspecified atom stereocenters. The van der Waals surface area contributed by atoms with Crippen molar-refractivity contribution in [3.8, 4) is 11.5 Å². The molecule has 1 saturated heterocycles. The topological polar surface area (TPSA) is 76.1 Å². The highest BCUT2D eigenvalue weighted by Gasteiger charge is 2.52. The molecular formula is C22H27NO5S. The summed E-state index contributed by atoms with van der Waals surface area (Å²) >= 11 is 0. The van der Waals surface area contributed by atoms with E-state index in [2.05, 4.69) is 0 Å². The van der Waals surface area contributed by atoms with E-state index in [1.807, 2.05) is 30.3 Å². The molecule has 1 aliphatic heterocycles. The number of benzene rings is 2. The van der Waals surface area contributed by atoms with Crippen LogP contribution in [0, 0.1) is 11.8 Å². The molecule has 1 N–H and O–H groups in total. The highest BCUT2D eigenvalue weighted by atomic mass is 32.2. The molecular weight excluding hydrogens is 390 g/mol. The Morgan fingerprint density at radius 1 is 1.07 bits per heavy atom. The van der Waals surface area contributed by atoms with Crippen LogP contribution in [0.3, 0.4) is 0 Å². The van der Waals surface area contributed by atoms with Crippen LogP contribution in [0.15, 0.2) is 53.4 Å². The van der Waals surface area contributed by atoms with Gasteiger partial charge in [-0.1, -0.05) is 30.3 Å². The third-order valence-corrected chi connectivity index (χ3v) is 8.27. The molecule has 0 aromatic heterocycles. The van der Waals surface area contributed by atoms with Crippen LogP contribution >= 0.6 is 0 Å². The van der Waals surface area contributed by atoms with Crippen molar-refractivity contribution in [1.82, 2.24) is 4.31 Å². The fraction of sp³-hybridized carbons (Fsp3) is 0.455. The molecule has 2 fully saturated rings. The molecule has 2 aliphatic rings. The minimum absolute atomic E-state index is 0.0984. The van der Waals surface area contributed by atoms with Gasteiger partial charge in [-0.15, -0.1) is 0 Å². The molecule has 156 valence electrons. The summed E-state index contributed by atoms with van der Waals surface area (Å²) in [5.41, 5.74) is -0.139. The Balaban J connectivity index is 1.68. The maximum absolute atomic E-state index is 13.5. The number of hydrogen-bond donors (Lipinski definition) is 1. The molecule has 2 aromatic rings. The first kappa shape index (κ1) is 20.2. The number of hydrogen-bond acceptors (Lipinski definition) is 5. The normalized spacial score (nSPS) is 27.4. The molecule has 1 heterocycles. The van der Waals surface area contributed by atoms with E-state index in [1.54, 1.807) is 12.1 Å². The molecule has 2 aromatic carbocycles. The minimum atomic E-state index is -3.79. The fourth-order valence-electron chi connectivity index (χ4n) is 4.89. The van der Waals surface area contributed by atoms with Crippen molar-refractivity contribution in [3.63, 3.8) is 0 Å². The van der Waals surface area contributed by atoms with Crippen molar-refractivity contribution >= 4 is 10.0 Å². The first-order valence-corrected chi connectivity index (χ1v) is 11.3.